The second-order valence-corrected chi connectivity index (χ2v) is 8.21. The van der Waals surface area contributed by atoms with Crippen molar-refractivity contribution in [2.24, 2.45) is 0 Å². The molecule has 0 saturated carbocycles. The fourth-order valence-corrected chi connectivity index (χ4v) is 3.82. The van der Waals surface area contributed by atoms with Crippen molar-refractivity contribution in [1.82, 2.24) is 0 Å². The summed E-state index contributed by atoms with van der Waals surface area (Å²) in [6, 6.07) is 27.3. The molecule has 4 rings (SSSR count). The molecular formula is C27H25F3N4. The van der Waals surface area contributed by atoms with Crippen molar-refractivity contribution in [3.63, 3.8) is 0 Å². The van der Waals surface area contributed by atoms with Gasteiger partial charge in [0, 0.05) is 11.4 Å². The van der Waals surface area contributed by atoms with Gasteiger partial charge in [-0.1, -0.05) is 48.5 Å². The Hall–Kier alpha value is -4.13. The molecule has 0 unspecified atom stereocenters. The highest BCUT2D eigenvalue weighted by Gasteiger charge is 2.53. The lowest BCUT2D eigenvalue weighted by atomic mass is 9.75. The minimum atomic E-state index is -4.59. The maximum atomic E-state index is 14.5. The average Bonchev–Trinajstić information content (AvgIpc) is 2.82. The number of benzene rings is 4. The lowest BCUT2D eigenvalue weighted by Crippen LogP contribution is -2.40. The summed E-state index contributed by atoms with van der Waals surface area (Å²) in [5, 5.41) is 6.27. The van der Waals surface area contributed by atoms with Crippen LogP contribution in [-0.4, -0.2) is 6.18 Å². The number of nitrogen functional groups attached to an aromatic ring is 2. The van der Waals surface area contributed by atoms with Gasteiger partial charge in [-0.3, -0.25) is 0 Å². The van der Waals surface area contributed by atoms with Crippen molar-refractivity contribution >= 4 is 34.1 Å². The van der Waals surface area contributed by atoms with Gasteiger partial charge in [0.2, 0.25) is 0 Å². The zero-order valence-corrected chi connectivity index (χ0v) is 18.5. The van der Waals surface area contributed by atoms with E-state index in [4.69, 9.17) is 11.5 Å². The Balaban J connectivity index is 1.70. The maximum absolute atomic E-state index is 14.5. The van der Waals surface area contributed by atoms with Gasteiger partial charge in [0.1, 0.15) is 5.41 Å². The van der Waals surface area contributed by atoms with Gasteiger partial charge < -0.3 is 22.1 Å². The van der Waals surface area contributed by atoms with E-state index in [0.29, 0.717) is 11.4 Å². The number of nitrogens with two attached hydrogens (primary N) is 2. The second kappa shape index (κ2) is 9.02. The largest absolute Gasteiger partial charge is 0.402 e. The minimum absolute atomic E-state index is 0.0271. The molecule has 0 saturated heterocycles. The van der Waals surface area contributed by atoms with Crippen molar-refractivity contribution in [3.8, 4) is 0 Å². The van der Waals surface area contributed by atoms with Crippen molar-refractivity contribution in [1.29, 1.82) is 0 Å². The minimum Gasteiger partial charge on any atom is -0.397 e. The molecule has 0 aliphatic heterocycles. The van der Waals surface area contributed by atoms with Crippen LogP contribution in [0.25, 0.3) is 0 Å². The summed E-state index contributed by atoms with van der Waals surface area (Å²) in [5.41, 5.74) is 13.1. The van der Waals surface area contributed by atoms with Crippen molar-refractivity contribution < 1.29 is 13.2 Å². The van der Waals surface area contributed by atoms with Crippen LogP contribution >= 0.6 is 0 Å². The van der Waals surface area contributed by atoms with Gasteiger partial charge in [0.25, 0.3) is 0 Å². The number of rotatable bonds is 6. The van der Waals surface area contributed by atoms with Gasteiger partial charge in [-0.05, 0) is 66.6 Å². The molecule has 7 heteroatoms. The summed E-state index contributed by atoms with van der Waals surface area (Å²) >= 11 is 0. The zero-order valence-electron chi connectivity index (χ0n) is 18.5. The smallest absolute Gasteiger partial charge is 0.397 e. The topological polar surface area (TPSA) is 76.1 Å². The number of hydrogen-bond acceptors (Lipinski definition) is 4. The van der Waals surface area contributed by atoms with Crippen LogP contribution in [-0.2, 0) is 5.41 Å². The molecule has 34 heavy (non-hydrogen) atoms. The average molecular weight is 463 g/mol. The van der Waals surface area contributed by atoms with Crippen LogP contribution in [0.1, 0.15) is 18.1 Å². The molecule has 0 heterocycles. The molecule has 4 aromatic carbocycles. The van der Waals surface area contributed by atoms with E-state index < -0.39 is 11.6 Å². The van der Waals surface area contributed by atoms with E-state index in [1.807, 2.05) is 60.7 Å². The molecule has 0 aliphatic rings. The number of nitrogens with one attached hydrogen (secondary N) is 2. The highest BCUT2D eigenvalue weighted by Crippen LogP contribution is 2.48. The molecule has 0 bridgehead atoms. The summed E-state index contributed by atoms with van der Waals surface area (Å²) in [7, 11) is 0. The third kappa shape index (κ3) is 4.50. The predicted octanol–water partition coefficient (Wildman–Crippen LogP) is 7.21. The molecule has 0 amide bonds. The molecule has 4 nitrogen and oxygen atoms in total. The van der Waals surface area contributed by atoms with Crippen LogP contribution in [0.2, 0.25) is 0 Å². The van der Waals surface area contributed by atoms with Crippen molar-refractivity contribution in [2.45, 2.75) is 18.5 Å². The first-order valence-corrected chi connectivity index (χ1v) is 10.7. The van der Waals surface area contributed by atoms with Gasteiger partial charge in [-0.15, -0.1) is 0 Å². The molecule has 6 N–H and O–H groups in total. The molecule has 0 fully saturated rings. The lowest BCUT2D eigenvalue weighted by Gasteiger charge is -2.34. The molecular weight excluding hydrogens is 437 g/mol. The number of hydrogen-bond donors (Lipinski definition) is 4. The van der Waals surface area contributed by atoms with Crippen molar-refractivity contribution in [3.05, 3.63) is 108 Å². The van der Waals surface area contributed by atoms with E-state index in [1.165, 1.54) is 24.3 Å². The second-order valence-electron chi connectivity index (χ2n) is 8.21. The van der Waals surface area contributed by atoms with Crippen LogP contribution in [0, 0.1) is 0 Å². The van der Waals surface area contributed by atoms with Gasteiger partial charge in [0.15, 0.2) is 0 Å². The highest BCUT2D eigenvalue weighted by molar-refractivity contribution is 5.76. The predicted molar refractivity (Wildman–Crippen MR) is 134 cm³/mol. The van der Waals surface area contributed by atoms with E-state index in [1.54, 1.807) is 12.1 Å². The standard InChI is InChI=1S/C27H25F3N4/c1-26(27(28,29)30,18-12-14-24(22(31)16-18)33-20-8-4-2-5-9-20)19-13-15-25(23(32)17-19)34-21-10-6-3-7-11-21/h2-17,33-34H,31-32H2,1H3. The van der Waals surface area contributed by atoms with E-state index in [9.17, 15) is 13.2 Å². The van der Waals surface area contributed by atoms with Gasteiger partial charge in [-0.25, -0.2) is 0 Å². The Bertz CT molecular complexity index is 1180. The SMILES string of the molecule is CC(c1ccc(Nc2ccccc2)c(N)c1)(c1ccc(Nc2ccccc2)c(N)c1)C(F)(F)F. The van der Waals surface area contributed by atoms with Crippen molar-refractivity contribution in [2.75, 3.05) is 22.1 Å². The fraction of sp³-hybridized carbons (Fsp3) is 0.111. The first kappa shape index (κ1) is 23.0. The van der Waals surface area contributed by atoms with Crippen LogP contribution in [0.5, 0.6) is 0 Å². The third-order valence-electron chi connectivity index (χ3n) is 5.93. The number of halogens is 3. The normalized spacial score (nSPS) is 11.8. The van der Waals surface area contributed by atoms with E-state index >= 15 is 0 Å². The van der Waals surface area contributed by atoms with Crippen LogP contribution in [0.3, 0.4) is 0 Å². The quantitative estimate of drug-likeness (QED) is 0.228. The van der Waals surface area contributed by atoms with Gasteiger partial charge in [-0.2, -0.15) is 13.2 Å². The highest BCUT2D eigenvalue weighted by atomic mass is 19.4. The molecule has 0 radical (unpaired) electrons. The molecule has 0 aliphatic carbocycles. The Labute approximate surface area is 196 Å². The third-order valence-corrected chi connectivity index (χ3v) is 5.93. The lowest BCUT2D eigenvalue weighted by molar-refractivity contribution is -0.173. The first-order valence-electron chi connectivity index (χ1n) is 10.7. The van der Waals surface area contributed by atoms with Crippen LogP contribution in [0.4, 0.5) is 47.3 Å². The molecule has 0 atom stereocenters. The van der Waals surface area contributed by atoms with Gasteiger partial charge >= 0.3 is 6.18 Å². The molecule has 174 valence electrons. The first-order chi connectivity index (χ1) is 16.2. The summed E-state index contributed by atoms with van der Waals surface area (Å²) < 4.78 is 43.6. The Kier molecular flexibility index (Phi) is 6.11. The van der Waals surface area contributed by atoms with E-state index in [2.05, 4.69) is 10.6 Å². The van der Waals surface area contributed by atoms with E-state index in [-0.39, 0.29) is 22.5 Å². The van der Waals surface area contributed by atoms with Crippen LogP contribution < -0.4 is 22.1 Å². The zero-order chi connectivity index (χ0) is 24.3. The summed E-state index contributed by atoms with van der Waals surface area (Å²) in [4.78, 5) is 0. The van der Waals surface area contributed by atoms with Crippen LogP contribution in [0.15, 0.2) is 97.1 Å². The number of para-hydroxylation sites is 2. The van der Waals surface area contributed by atoms with E-state index in [0.717, 1.165) is 18.3 Å². The fourth-order valence-electron chi connectivity index (χ4n) is 3.82. The Morgan fingerprint density at radius 3 is 1.29 bits per heavy atom. The summed E-state index contributed by atoms with van der Waals surface area (Å²) in [6.07, 6.45) is -4.59. The molecule has 4 aromatic rings. The summed E-state index contributed by atoms with van der Waals surface area (Å²) in [6.45, 7) is 1.14. The van der Waals surface area contributed by atoms with Gasteiger partial charge in [0.05, 0.1) is 22.7 Å². The maximum Gasteiger partial charge on any atom is 0.402 e. The Morgan fingerprint density at radius 1 is 0.588 bits per heavy atom. The molecule has 0 aromatic heterocycles. The summed E-state index contributed by atoms with van der Waals surface area (Å²) in [5.74, 6) is 0. The Morgan fingerprint density at radius 2 is 0.971 bits per heavy atom. The number of anilines is 6. The molecule has 0 spiro atoms. The monoisotopic (exact) mass is 462 g/mol. The number of alkyl halides is 3.